The molecule has 2 aliphatic rings. The van der Waals surface area contributed by atoms with Crippen LogP contribution in [0.15, 0.2) is 12.3 Å². The van der Waals surface area contributed by atoms with Gasteiger partial charge in [0.25, 0.3) is 0 Å². The summed E-state index contributed by atoms with van der Waals surface area (Å²) in [6.07, 6.45) is -3.55. The minimum atomic E-state index is -4.41. The lowest BCUT2D eigenvalue weighted by Gasteiger charge is -2.26. The van der Waals surface area contributed by atoms with Crippen LogP contribution in [0.5, 0.6) is 0 Å². The summed E-state index contributed by atoms with van der Waals surface area (Å²) in [5.41, 5.74) is -0.806. The molecule has 2 fully saturated rings. The van der Waals surface area contributed by atoms with E-state index in [4.69, 9.17) is 11.6 Å². The van der Waals surface area contributed by atoms with Crippen molar-refractivity contribution >= 4 is 17.4 Å². The van der Waals surface area contributed by atoms with E-state index in [0.717, 1.165) is 31.9 Å². The Bertz CT molecular complexity index is 520. The van der Waals surface area contributed by atoms with Gasteiger partial charge >= 0.3 is 6.18 Å². The van der Waals surface area contributed by atoms with Crippen molar-refractivity contribution in [3.8, 4) is 0 Å². The molecule has 3 unspecified atom stereocenters. The first kappa shape index (κ1) is 13.9. The number of rotatable bonds is 1. The predicted octanol–water partition coefficient (Wildman–Crippen LogP) is 2.80. The summed E-state index contributed by atoms with van der Waals surface area (Å²) in [4.78, 5) is 5.98. The van der Waals surface area contributed by atoms with Gasteiger partial charge in [-0.15, -0.1) is 0 Å². The molecule has 3 nitrogen and oxygen atoms in total. The van der Waals surface area contributed by atoms with Gasteiger partial charge in [-0.1, -0.05) is 11.6 Å². The molecule has 0 saturated carbocycles. The maximum atomic E-state index is 12.6. The molecule has 0 spiro atoms. The van der Waals surface area contributed by atoms with Crippen LogP contribution in [0.3, 0.4) is 0 Å². The van der Waals surface area contributed by atoms with Crippen molar-refractivity contribution in [1.29, 1.82) is 0 Å². The van der Waals surface area contributed by atoms with E-state index in [1.54, 1.807) is 0 Å². The largest absolute Gasteiger partial charge is 0.417 e. The van der Waals surface area contributed by atoms with Crippen LogP contribution in [0.25, 0.3) is 0 Å². The lowest BCUT2D eigenvalue weighted by molar-refractivity contribution is -0.137. The number of aromatic nitrogens is 1. The number of nitrogens with zero attached hydrogens (tertiary/aromatic N) is 2. The fourth-order valence-electron chi connectivity index (χ4n) is 3.24. The third-order valence-electron chi connectivity index (χ3n) is 4.36. The summed E-state index contributed by atoms with van der Waals surface area (Å²) in [6, 6.07) is 1.19. The van der Waals surface area contributed by atoms with Crippen molar-refractivity contribution in [3.05, 3.63) is 22.8 Å². The number of fused-ring (bicyclic) bond motifs is 1. The number of hydrogen-bond donors (Lipinski definition) is 1. The molecule has 0 aliphatic carbocycles. The van der Waals surface area contributed by atoms with Gasteiger partial charge < -0.3 is 10.2 Å². The predicted molar refractivity (Wildman–Crippen MR) is 70.9 cm³/mol. The maximum Gasteiger partial charge on any atom is 0.417 e. The highest BCUT2D eigenvalue weighted by molar-refractivity contribution is 6.33. The molecular weight excluding hydrogens is 291 g/mol. The first-order valence-corrected chi connectivity index (χ1v) is 6.96. The van der Waals surface area contributed by atoms with Gasteiger partial charge in [-0.05, 0) is 24.8 Å². The van der Waals surface area contributed by atoms with Crippen molar-refractivity contribution in [1.82, 2.24) is 10.3 Å². The van der Waals surface area contributed by atoms with Crippen LogP contribution in [0.2, 0.25) is 5.02 Å². The zero-order valence-electron chi connectivity index (χ0n) is 10.9. The van der Waals surface area contributed by atoms with Crippen molar-refractivity contribution in [3.63, 3.8) is 0 Å². The molecule has 0 bridgehead atoms. The molecule has 3 atom stereocenters. The van der Waals surface area contributed by atoms with Gasteiger partial charge in [0.2, 0.25) is 0 Å². The minimum Gasteiger partial charge on any atom is -0.352 e. The first-order chi connectivity index (χ1) is 9.38. The topological polar surface area (TPSA) is 28.2 Å². The van der Waals surface area contributed by atoms with Gasteiger partial charge in [0.1, 0.15) is 5.82 Å². The molecule has 2 saturated heterocycles. The van der Waals surface area contributed by atoms with Crippen LogP contribution in [0.4, 0.5) is 19.0 Å². The Hall–Kier alpha value is -1.01. The van der Waals surface area contributed by atoms with Gasteiger partial charge in [0, 0.05) is 31.9 Å². The molecule has 1 aromatic rings. The third-order valence-corrected chi connectivity index (χ3v) is 4.63. The third kappa shape index (κ3) is 2.24. The molecule has 0 amide bonds. The summed E-state index contributed by atoms with van der Waals surface area (Å²) >= 11 is 6.02. The van der Waals surface area contributed by atoms with E-state index in [-0.39, 0.29) is 11.1 Å². The van der Waals surface area contributed by atoms with Crippen molar-refractivity contribution in [2.45, 2.75) is 19.1 Å². The molecule has 0 radical (unpaired) electrons. The second kappa shape index (κ2) is 4.77. The number of alkyl halides is 3. The van der Waals surface area contributed by atoms with Gasteiger partial charge in [0.05, 0.1) is 10.6 Å². The monoisotopic (exact) mass is 305 g/mol. The highest BCUT2D eigenvalue weighted by atomic mass is 35.5. The van der Waals surface area contributed by atoms with Crippen molar-refractivity contribution in [2.24, 2.45) is 11.8 Å². The van der Waals surface area contributed by atoms with Crippen LogP contribution in [-0.2, 0) is 6.18 Å². The van der Waals surface area contributed by atoms with Gasteiger partial charge in [0.15, 0.2) is 0 Å². The van der Waals surface area contributed by atoms with Crippen molar-refractivity contribution in [2.75, 3.05) is 24.5 Å². The van der Waals surface area contributed by atoms with Crippen LogP contribution in [-0.4, -0.2) is 30.7 Å². The lowest BCUT2D eigenvalue weighted by atomic mass is 9.95. The van der Waals surface area contributed by atoms with Crippen molar-refractivity contribution < 1.29 is 13.2 Å². The number of anilines is 1. The molecule has 2 aliphatic heterocycles. The molecular formula is C13H15ClF3N3. The molecule has 7 heteroatoms. The highest BCUT2D eigenvalue weighted by Crippen LogP contribution is 2.39. The van der Waals surface area contributed by atoms with Crippen LogP contribution < -0.4 is 10.2 Å². The number of pyridine rings is 1. The maximum absolute atomic E-state index is 12.6. The van der Waals surface area contributed by atoms with Gasteiger partial charge in [-0.3, -0.25) is 0 Å². The fourth-order valence-corrected chi connectivity index (χ4v) is 3.52. The zero-order valence-corrected chi connectivity index (χ0v) is 11.7. The quantitative estimate of drug-likeness (QED) is 0.865. The summed E-state index contributed by atoms with van der Waals surface area (Å²) < 4.78 is 37.9. The summed E-state index contributed by atoms with van der Waals surface area (Å²) in [6.45, 7) is 4.76. The molecule has 3 rings (SSSR count). The molecule has 3 heterocycles. The Balaban J connectivity index is 1.88. The molecule has 1 aromatic heterocycles. The summed E-state index contributed by atoms with van der Waals surface area (Å²) in [5.74, 6) is 1.49. The zero-order chi connectivity index (χ0) is 14.5. The fraction of sp³-hybridized carbons (Fsp3) is 0.615. The molecule has 1 N–H and O–H groups in total. The van der Waals surface area contributed by atoms with E-state index >= 15 is 0 Å². The number of hydrogen-bond acceptors (Lipinski definition) is 3. The van der Waals surface area contributed by atoms with Gasteiger partial charge in [-0.25, -0.2) is 4.98 Å². The average molecular weight is 306 g/mol. The second-order valence-electron chi connectivity index (χ2n) is 5.50. The molecule has 0 aromatic carbocycles. The Morgan fingerprint density at radius 2 is 2.15 bits per heavy atom. The molecule has 20 heavy (non-hydrogen) atoms. The van der Waals surface area contributed by atoms with E-state index in [1.165, 1.54) is 0 Å². The van der Waals surface area contributed by atoms with E-state index in [1.807, 2.05) is 4.90 Å². The lowest BCUT2D eigenvalue weighted by Crippen LogP contribution is -2.34. The average Bonchev–Trinajstić information content (AvgIpc) is 2.92. The summed E-state index contributed by atoms with van der Waals surface area (Å²) in [7, 11) is 0. The van der Waals surface area contributed by atoms with Crippen LogP contribution >= 0.6 is 11.6 Å². The summed E-state index contributed by atoms with van der Waals surface area (Å²) in [5, 5.41) is 3.41. The Morgan fingerprint density at radius 1 is 1.40 bits per heavy atom. The number of nitrogens with one attached hydrogen (secondary N) is 1. The Kier molecular flexibility index (Phi) is 3.33. The van der Waals surface area contributed by atoms with E-state index < -0.39 is 11.7 Å². The normalized spacial score (nSPS) is 29.9. The van der Waals surface area contributed by atoms with E-state index in [0.29, 0.717) is 17.7 Å². The number of halogens is 4. The molecule has 110 valence electrons. The Morgan fingerprint density at radius 3 is 2.75 bits per heavy atom. The van der Waals surface area contributed by atoms with Crippen LogP contribution in [0.1, 0.15) is 12.5 Å². The van der Waals surface area contributed by atoms with E-state index in [2.05, 4.69) is 17.2 Å². The standard InChI is InChI=1S/C13H15ClF3N3/c1-7-10-5-18-3-8(10)6-20(7)12-11(14)2-9(4-19-12)13(15,16)17/h2,4,7-8,10,18H,3,5-6H2,1H3. The smallest absolute Gasteiger partial charge is 0.352 e. The van der Waals surface area contributed by atoms with Gasteiger partial charge in [-0.2, -0.15) is 13.2 Å². The minimum absolute atomic E-state index is 0.0691. The Labute approximate surface area is 120 Å². The second-order valence-corrected chi connectivity index (χ2v) is 5.91. The highest BCUT2D eigenvalue weighted by Gasteiger charge is 2.43. The first-order valence-electron chi connectivity index (χ1n) is 6.58. The van der Waals surface area contributed by atoms with Crippen LogP contribution in [0, 0.1) is 11.8 Å². The van der Waals surface area contributed by atoms with E-state index in [9.17, 15) is 13.2 Å². The SMILES string of the molecule is CC1C2CNCC2CN1c1ncc(C(F)(F)F)cc1Cl.